The molecule has 0 saturated carbocycles. The highest BCUT2D eigenvalue weighted by Crippen LogP contribution is 2.19. The second-order valence-electron chi connectivity index (χ2n) is 4.40. The summed E-state index contributed by atoms with van der Waals surface area (Å²) in [6.45, 7) is 0. The van der Waals surface area contributed by atoms with Crippen molar-refractivity contribution < 1.29 is 9.84 Å². The van der Waals surface area contributed by atoms with Gasteiger partial charge in [-0.1, -0.05) is 6.07 Å². The number of aromatic hydroxyl groups is 1. The molecule has 0 aliphatic heterocycles. The van der Waals surface area contributed by atoms with Crippen molar-refractivity contribution in [2.24, 2.45) is 19.1 Å². The fourth-order valence-corrected chi connectivity index (χ4v) is 1.80. The number of aromatic nitrogens is 2. The lowest BCUT2D eigenvalue weighted by atomic mass is 10.3. The van der Waals surface area contributed by atoms with Crippen LogP contribution >= 0.6 is 0 Å². The summed E-state index contributed by atoms with van der Waals surface area (Å²) in [7, 11) is 4.25. The van der Waals surface area contributed by atoms with Gasteiger partial charge in [-0.05, 0) is 12.1 Å². The molecular weight excluding hydrogens is 274 g/mol. The van der Waals surface area contributed by atoms with E-state index in [1.807, 2.05) is 0 Å². The van der Waals surface area contributed by atoms with Gasteiger partial charge in [0.1, 0.15) is 11.3 Å². The molecule has 0 aliphatic carbocycles. The Balaban J connectivity index is 2.51. The average Bonchev–Trinajstić information content (AvgIpc) is 2.51. The number of methoxy groups -OCH3 is 1. The van der Waals surface area contributed by atoms with E-state index in [2.05, 4.69) is 4.99 Å². The van der Waals surface area contributed by atoms with E-state index in [4.69, 9.17) is 4.74 Å². The summed E-state index contributed by atoms with van der Waals surface area (Å²) in [6.07, 6.45) is 1.23. The molecule has 0 amide bonds. The van der Waals surface area contributed by atoms with Crippen molar-refractivity contribution in [1.29, 1.82) is 0 Å². The molecular formula is C14H15N3O4. The molecule has 0 unspecified atom stereocenters. The van der Waals surface area contributed by atoms with E-state index in [0.29, 0.717) is 11.4 Å². The van der Waals surface area contributed by atoms with Crippen molar-refractivity contribution in [3.63, 3.8) is 0 Å². The first-order valence-corrected chi connectivity index (χ1v) is 6.12. The molecule has 0 bridgehead atoms. The number of rotatable bonds is 3. The number of nitrogens with zero attached hydrogens (tertiary/aromatic N) is 3. The number of ether oxygens (including phenoxy) is 1. The molecule has 0 radical (unpaired) electrons. The predicted octanol–water partition coefficient (Wildman–Crippen LogP) is 0.549. The summed E-state index contributed by atoms with van der Waals surface area (Å²) in [6, 6.07) is 6.93. The lowest BCUT2D eigenvalue weighted by molar-refractivity contribution is 0.410. The molecule has 0 atom stereocenters. The zero-order valence-electron chi connectivity index (χ0n) is 11.9. The van der Waals surface area contributed by atoms with E-state index >= 15 is 0 Å². The van der Waals surface area contributed by atoms with Crippen LogP contribution in [0.2, 0.25) is 0 Å². The molecule has 7 heteroatoms. The molecule has 1 aromatic heterocycles. The normalized spacial score (nSPS) is 11.0. The molecule has 2 rings (SSSR count). The summed E-state index contributed by atoms with van der Waals surface area (Å²) in [5.74, 6) is 0.206. The van der Waals surface area contributed by atoms with Crippen LogP contribution in [-0.2, 0) is 14.1 Å². The van der Waals surface area contributed by atoms with Gasteiger partial charge in [0.25, 0.3) is 5.56 Å². The Morgan fingerprint density at radius 3 is 2.62 bits per heavy atom. The third-order valence-electron chi connectivity index (χ3n) is 3.06. The predicted molar refractivity (Wildman–Crippen MR) is 78.8 cm³/mol. The van der Waals surface area contributed by atoms with Gasteiger partial charge in [-0.2, -0.15) is 0 Å². The first kappa shape index (κ1) is 14.6. The summed E-state index contributed by atoms with van der Waals surface area (Å²) < 4.78 is 6.96. The molecule has 1 aromatic carbocycles. The standard InChI is InChI=1S/C14H15N3O4/c1-16-12(18)11(13(19)17(2)14(16)20)8-15-9-5-4-6-10(7-9)21-3/h4-8,18H,1-3H3. The summed E-state index contributed by atoms with van der Waals surface area (Å²) in [5.41, 5.74) is -0.703. The lowest BCUT2D eigenvalue weighted by Crippen LogP contribution is -2.38. The smallest absolute Gasteiger partial charge is 0.333 e. The van der Waals surface area contributed by atoms with Gasteiger partial charge < -0.3 is 9.84 Å². The maximum atomic E-state index is 12.0. The van der Waals surface area contributed by atoms with Gasteiger partial charge >= 0.3 is 5.69 Å². The van der Waals surface area contributed by atoms with Gasteiger partial charge in [0.05, 0.1) is 12.8 Å². The van der Waals surface area contributed by atoms with Crippen LogP contribution in [0.1, 0.15) is 5.56 Å². The maximum absolute atomic E-state index is 12.0. The fourth-order valence-electron chi connectivity index (χ4n) is 1.80. The highest BCUT2D eigenvalue weighted by atomic mass is 16.5. The van der Waals surface area contributed by atoms with Gasteiger partial charge in [-0.15, -0.1) is 0 Å². The Morgan fingerprint density at radius 1 is 1.24 bits per heavy atom. The largest absolute Gasteiger partial charge is 0.497 e. The van der Waals surface area contributed by atoms with Crippen LogP contribution in [0, 0.1) is 0 Å². The molecule has 2 aromatic rings. The zero-order chi connectivity index (χ0) is 15.6. The second kappa shape index (κ2) is 5.66. The van der Waals surface area contributed by atoms with Crippen LogP contribution in [0.5, 0.6) is 11.6 Å². The molecule has 1 heterocycles. The number of benzene rings is 1. The van der Waals surface area contributed by atoms with Crippen molar-refractivity contribution >= 4 is 11.9 Å². The van der Waals surface area contributed by atoms with E-state index in [1.54, 1.807) is 24.3 Å². The number of aliphatic imine (C=N–C) groups is 1. The van der Waals surface area contributed by atoms with Crippen molar-refractivity contribution in [3.8, 4) is 11.6 Å². The van der Waals surface area contributed by atoms with Crippen LogP contribution in [0.3, 0.4) is 0 Å². The van der Waals surface area contributed by atoms with Gasteiger partial charge in [-0.25, -0.2) is 4.79 Å². The fraction of sp³-hybridized carbons (Fsp3) is 0.214. The summed E-state index contributed by atoms with van der Waals surface area (Å²) in [5, 5.41) is 9.90. The minimum absolute atomic E-state index is 0.0533. The summed E-state index contributed by atoms with van der Waals surface area (Å²) in [4.78, 5) is 27.7. The van der Waals surface area contributed by atoms with E-state index < -0.39 is 17.1 Å². The monoisotopic (exact) mass is 289 g/mol. The quantitative estimate of drug-likeness (QED) is 0.836. The van der Waals surface area contributed by atoms with Crippen molar-refractivity contribution in [2.75, 3.05) is 7.11 Å². The maximum Gasteiger partial charge on any atom is 0.333 e. The Bertz CT molecular complexity index is 818. The molecule has 0 fully saturated rings. The van der Waals surface area contributed by atoms with Crippen molar-refractivity contribution in [1.82, 2.24) is 9.13 Å². The Morgan fingerprint density at radius 2 is 1.95 bits per heavy atom. The third kappa shape index (κ3) is 2.71. The molecule has 0 spiro atoms. The van der Waals surface area contributed by atoms with Crippen LogP contribution in [0.15, 0.2) is 38.8 Å². The molecule has 7 nitrogen and oxygen atoms in total. The van der Waals surface area contributed by atoms with Crippen LogP contribution in [-0.4, -0.2) is 27.6 Å². The number of hydrogen-bond acceptors (Lipinski definition) is 5. The van der Waals surface area contributed by atoms with E-state index in [9.17, 15) is 14.7 Å². The lowest BCUT2D eigenvalue weighted by Gasteiger charge is -2.07. The number of hydrogen-bond donors (Lipinski definition) is 1. The molecule has 0 saturated heterocycles. The topological polar surface area (TPSA) is 85.8 Å². The minimum Gasteiger partial charge on any atom is -0.497 e. The second-order valence-corrected chi connectivity index (χ2v) is 4.40. The van der Waals surface area contributed by atoms with Crippen LogP contribution < -0.4 is 16.0 Å². The van der Waals surface area contributed by atoms with Crippen molar-refractivity contribution in [3.05, 3.63) is 50.7 Å². The Hall–Kier alpha value is -2.83. The Kier molecular flexibility index (Phi) is 3.93. The first-order chi connectivity index (χ1) is 9.95. The molecule has 1 N–H and O–H groups in total. The third-order valence-corrected chi connectivity index (χ3v) is 3.06. The highest BCUT2D eigenvalue weighted by molar-refractivity contribution is 5.84. The van der Waals surface area contributed by atoms with Gasteiger partial charge in [-0.3, -0.25) is 18.9 Å². The molecule has 0 aliphatic rings. The van der Waals surface area contributed by atoms with Gasteiger partial charge in [0.2, 0.25) is 5.88 Å². The highest BCUT2D eigenvalue weighted by Gasteiger charge is 2.12. The summed E-state index contributed by atoms with van der Waals surface area (Å²) >= 11 is 0. The first-order valence-electron chi connectivity index (χ1n) is 6.12. The van der Waals surface area contributed by atoms with E-state index in [-0.39, 0.29) is 5.56 Å². The molecule has 110 valence electrons. The average molecular weight is 289 g/mol. The van der Waals surface area contributed by atoms with E-state index in [1.165, 1.54) is 27.4 Å². The molecule has 21 heavy (non-hydrogen) atoms. The van der Waals surface area contributed by atoms with Crippen LogP contribution in [0.4, 0.5) is 5.69 Å². The van der Waals surface area contributed by atoms with Gasteiger partial charge in [0.15, 0.2) is 0 Å². The van der Waals surface area contributed by atoms with Crippen LogP contribution in [0.25, 0.3) is 0 Å². The minimum atomic E-state index is -0.609. The van der Waals surface area contributed by atoms with Crippen molar-refractivity contribution in [2.45, 2.75) is 0 Å². The van der Waals surface area contributed by atoms with Gasteiger partial charge in [0, 0.05) is 26.4 Å². The zero-order valence-corrected chi connectivity index (χ0v) is 11.9. The SMILES string of the molecule is COc1cccc(N=Cc2c(O)n(C)c(=O)n(C)c2=O)c1. The van der Waals surface area contributed by atoms with E-state index in [0.717, 1.165) is 9.13 Å². The Labute approximate surface area is 120 Å².